The minimum Gasteiger partial charge on any atom is -0.495 e. The lowest BCUT2D eigenvalue weighted by atomic mass is 10.2. The Labute approximate surface area is 194 Å². The molecule has 0 radical (unpaired) electrons. The molecule has 0 atom stereocenters. The van der Waals surface area contributed by atoms with Gasteiger partial charge in [0.1, 0.15) is 11.3 Å². The Hall–Kier alpha value is -3.07. The predicted molar refractivity (Wildman–Crippen MR) is 126 cm³/mol. The zero-order valence-electron chi connectivity index (χ0n) is 18.1. The molecule has 8 nitrogen and oxygen atoms in total. The van der Waals surface area contributed by atoms with E-state index in [1.54, 1.807) is 26.2 Å². The van der Waals surface area contributed by atoms with Crippen molar-refractivity contribution in [1.29, 1.82) is 0 Å². The maximum atomic E-state index is 12.3. The highest BCUT2D eigenvalue weighted by molar-refractivity contribution is 9.10. The number of rotatable bonds is 10. The highest BCUT2D eigenvalue weighted by Gasteiger charge is 2.13. The lowest BCUT2D eigenvalue weighted by molar-refractivity contribution is -0.143. The van der Waals surface area contributed by atoms with Crippen molar-refractivity contribution in [2.45, 2.75) is 32.6 Å². The van der Waals surface area contributed by atoms with E-state index in [0.29, 0.717) is 48.0 Å². The molecule has 3 rings (SSSR count). The van der Waals surface area contributed by atoms with Gasteiger partial charge in [-0.05, 0) is 56.2 Å². The maximum absolute atomic E-state index is 12.3. The van der Waals surface area contributed by atoms with Crippen LogP contribution in [0, 0.1) is 0 Å². The summed E-state index contributed by atoms with van der Waals surface area (Å²) in [6.45, 7) is 2.68. The molecule has 0 aliphatic rings. The molecule has 2 aromatic carbocycles. The number of methoxy groups -OCH3 is 1. The number of nitrogens with one attached hydrogen (secondary N) is 2. The van der Waals surface area contributed by atoms with Crippen LogP contribution in [-0.2, 0) is 9.53 Å². The number of nitrogens with zero attached hydrogens (tertiary/aromatic N) is 1. The second-order valence-electron chi connectivity index (χ2n) is 7.04. The Morgan fingerprint density at radius 3 is 2.75 bits per heavy atom. The molecule has 0 unspecified atom stereocenters. The van der Waals surface area contributed by atoms with Gasteiger partial charge in [0.15, 0.2) is 5.58 Å². The quantitative estimate of drug-likeness (QED) is 0.279. The summed E-state index contributed by atoms with van der Waals surface area (Å²) in [5, 5.41) is 5.63. The monoisotopic (exact) mass is 503 g/mol. The van der Waals surface area contributed by atoms with Crippen molar-refractivity contribution in [3.63, 3.8) is 0 Å². The van der Waals surface area contributed by atoms with Gasteiger partial charge in [0.25, 0.3) is 0 Å². The molecule has 1 heterocycles. The van der Waals surface area contributed by atoms with E-state index in [-0.39, 0.29) is 12.0 Å². The smallest absolute Gasteiger partial charge is 0.319 e. The summed E-state index contributed by atoms with van der Waals surface area (Å²) in [5.74, 6) is 0.791. The van der Waals surface area contributed by atoms with Crippen LogP contribution in [0.2, 0.25) is 0 Å². The Morgan fingerprint density at radius 2 is 1.97 bits per heavy atom. The number of unbranched alkanes of at least 4 members (excludes halogenated alkanes) is 2. The molecule has 0 saturated heterocycles. The number of hydrogen-bond donors (Lipinski definition) is 2. The van der Waals surface area contributed by atoms with Gasteiger partial charge in [0, 0.05) is 23.0 Å². The third-order valence-electron chi connectivity index (χ3n) is 4.69. The number of esters is 1. The van der Waals surface area contributed by atoms with Gasteiger partial charge in [-0.25, -0.2) is 9.78 Å². The minimum atomic E-state index is -0.340. The van der Waals surface area contributed by atoms with Crippen molar-refractivity contribution in [2.75, 3.05) is 25.6 Å². The molecular weight excluding hydrogens is 478 g/mol. The molecule has 0 saturated carbocycles. The van der Waals surface area contributed by atoms with Crippen LogP contribution < -0.4 is 15.4 Å². The number of urea groups is 1. The van der Waals surface area contributed by atoms with Gasteiger partial charge in [-0.1, -0.05) is 22.4 Å². The summed E-state index contributed by atoms with van der Waals surface area (Å²) in [4.78, 5) is 28.2. The molecule has 0 aliphatic heterocycles. The molecule has 0 fully saturated rings. The number of anilines is 1. The number of fused-ring (bicyclic) bond motifs is 1. The molecule has 32 heavy (non-hydrogen) atoms. The van der Waals surface area contributed by atoms with Crippen molar-refractivity contribution < 1.29 is 23.5 Å². The van der Waals surface area contributed by atoms with Crippen LogP contribution >= 0.6 is 15.9 Å². The van der Waals surface area contributed by atoms with Crippen LogP contribution in [0.15, 0.2) is 45.3 Å². The largest absolute Gasteiger partial charge is 0.495 e. The van der Waals surface area contributed by atoms with E-state index in [2.05, 4.69) is 31.5 Å². The van der Waals surface area contributed by atoms with Gasteiger partial charge in [-0.3, -0.25) is 4.79 Å². The second kappa shape index (κ2) is 11.5. The van der Waals surface area contributed by atoms with E-state index in [1.807, 2.05) is 24.3 Å². The van der Waals surface area contributed by atoms with E-state index >= 15 is 0 Å². The number of aromatic nitrogens is 1. The Kier molecular flexibility index (Phi) is 8.49. The molecule has 1 aromatic heterocycles. The number of oxazole rings is 1. The van der Waals surface area contributed by atoms with Crippen molar-refractivity contribution in [1.82, 2.24) is 10.3 Å². The number of carbonyl (C=O) groups excluding carboxylic acids is 2. The number of halogens is 1. The molecular formula is C23H26BrN3O5. The molecule has 0 bridgehead atoms. The van der Waals surface area contributed by atoms with Crippen molar-refractivity contribution in [3.8, 4) is 17.2 Å². The third kappa shape index (κ3) is 6.46. The fourth-order valence-corrected chi connectivity index (χ4v) is 3.48. The summed E-state index contributed by atoms with van der Waals surface area (Å²) in [6.07, 6.45) is 2.73. The number of benzene rings is 2. The van der Waals surface area contributed by atoms with Crippen molar-refractivity contribution in [2.24, 2.45) is 0 Å². The topological polar surface area (TPSA) is 103 Å². The highest BCUT2D eigenvalue weighted by atomic mass is 79.9. The zero-order chi connectivity index (χ0) is 22.9. The molecule has 2 amide bonds. The molecule has 0 spiro atoms. The normalized spacial score (nSPS) is 10.7. The fraction of sp³-hybridized carbons (Fsp3) is 0.348. The van der Waals surface area contributed by atoms with Crippen LogP contribution in [0.1, 0.15) is 32.6 Å². The lowest BCUT2D eigenvalue weighted by Gasteiger charge is -2.12. The van der Waals surface area contributed by atoms with Crippen LogP contribution in [0.5, 0.6) is 5.75 Å². The number of hydrogen-bond acceptors (Lipinski definition) is 6. The van der Waals surface area contributed by atoms with Crippen LogP contribution in [0.25, 0.3) is 22.6 Å². The van der Waals surface area contributed by atoms with E-state index in [4.69, 9.17) is 13.9 Å². The first-order chi connectivity index (χ1) is 15.5. The number of amides is 2. The van der Waals surface area contributed by atoms with Crippen LogP contribution in [0.4, 0.5) is 10.5 Å². The fourth-order valence-electron chi connectivity index (χ4n) is 3.14. The summed E-state index contributed by atoms with van der Waals surface area (Å²) >= 11 is 3.43. The van der Waals surface area contributed by atoms with Crippen LogP contribution in [-0.4, -0.2) is 37.2 Å². The Balaban J connectivity index is 1.57. The first kappa shape index (κ1) is 23.6. The SMILES string of the molecule is CCOC(=O)CCCCCNC(=O)Nc1cc(-c2nc3cc(Br)ccc3o2)ccc1OC. The zero-order valence-corrected chi connectivity index (χ0v) is 19.7. The van der Waals surface area contributed by atoms with Crippen LogP contribution in [0.3, 0.4) is 0 Å². The average molecular weight is 504 g/mol. The number of carbonyl (C=O) groups is 2. The summed E-state index contributed by atoms with van der Waals surface area (Å²) in [6, 6.07) is 10.6. The lowest BCUT2D eigenvalue weighted by Crippen LogP contribution is -2.29. The standard InChI is InChI=1S/C23H26BrN3O5/c1-3-31-21(28)7-5-4-6-12-25-23(29)27-17-13-15(8-10-19(17)30-2)22-26-18-14-16(24)9-11-20(18)32-22/h8-11,13-14H,3-7,12H2,1-2H3,(H2,25,27,29). The van der Waals surface area contributed by atoms with Crippen molar-refractivity contribution in [3.05, 3.63) is 40.9 Å². The van der Waals surface area contributed by atoms with E-state index < -0.39 is 0 Å². The molecule has 9 heteroatoms. The molecule has 0 aliphatic carbocycles. The van der Waals surface area contributed by atoms with Crippen molar-refractivity contribution >= 4 is 44.7 Å². The first-order valence-corrected chi connectivity index (χ1v) is 11.2. The van der Waals surface area contributed by atoms with Gasteiger partial charge >= 0.3 is 12.0 Å². The molecule has 170 valence electrons. The Bertz CT molecular complexity index is 1080. The minimum absolute atomic E-state index is 0.184. The first-order valence-electron chi connectivity index (χ1n) is 10.4. The Morgan fingerprint density at radius 1 is 1.12 bits per heavy atom. The molecule has 3 aromatic rings. The second-order valence-corrected chi connectivity index (χ2v) is 7.96. The highest BCUT2D eigenvalue weighted by Crippen LogP contribution is 2.32. The summed E-state index contributed by atoms with van der Waals surface area (Å²) in [5.41, 5.74) is 2.63. The van der Waals surface area contributed by atoms with E-state index in [9.17, 15) is 9.59 Å². The van der Waals surface area contributed by atoms with Gasteiger partial charge < -0.3 is 24.5 Å². The predicted octanol–water partition coefficient (Wildman–Crippen LogP) is 5.51. The van der Waals surface area contributed by atoms with Gasteiger partial charge in [-0.15, -0.1) is 0 Å². The van der Waals surface area contributed by atoms with Gasteiger partial charge in [-0.2, -0.15) is 0 Å². The summed E-state index contributed by atoms with van der Waals surface area (Å²) < 4.78 is 17.0. The average Bonchev–Trinajstić information content (AvgIpc) is 3.19. The molecule has 2 N–H and O–H groups in total. The number of ether oxygens (including phenoxy) is 2. The maximum Gasteiger partial charge on any atom is 0.319 e. The third-order valence-corrected chi connectivity index (χ3v) is 5.19. The summed E-state index contributed by atoms with van der Waals surface area (Å²) in [7, 11) is 1.54. The van der Waals surface area contributed by atoms with Gasteiger partial charge in [0.2, 0.25) is 5.89 Å². The van der Waals surface area contributed by atoms with E-state index in [0.717, 1.165) is 29.3 Å². The van der Waals surface area contributed by atoms with E-state index in [1.165, 1.54) is 0 Å². The van der Waals surface area contributed by atoms with Gasteiger partial charge in [0.05, 0.1) is 19.4 Å².